The van der Waals surface area contributed by atoms with Gasteiger partial charge < -0.3 is 4.90 Å². The van der Waals surface area contributed by atoms with Crippen molar-refractivity contribution < 1.29 is 0 Å². The summed E-state index contributed by atoms with van der Waals surface area (Å²) in [7, 11) is 4.55. The lowest BCUT2D eigenvalue weighted by molar-refractivity contribution is 0.251. The molecule has 0 aromatic heterocycles. The highest BCUT2D eigenvalue weighted by molar-refractivity contribution is 4.92. The van der Waals surface area contributed by atoms with Gasteiger partial charge in [0.25, 0.3) is 0 Å². The lowest BCUT2D eigenvalue weighted by Crippen LogP contribution is -2.27. The third-order valence-electron chi connectivity index (χ3n) is 6.61. The van der Waals surface area contributed by atoms with Crippen LogP contribution in [0, 0.1) is 0 Å². The van der Waals surface area contributed by atoms with Gasteiger partial charge in [-0.3, -0.25) is 0 Å². The number of hydrogen-bond acceptors (Lipinski definition) is 1. The predicted octanol–water partition coefficient (Wildman–Crippen LogP) is 10.3. The smallest absolute Gasteiger partial charge is 0.00891 e. The topological polar surface area (TPSA) is 3.24 Å². The normalized spacial score (nSPS) is 13.2. The monoisotopic (exact) mass is 433 g/mol. The fraction of sp³-hybridized carbons (Fsp3) is 0.867. The molecule has 0 amide bonds. The summed E-state index contributed by atoms with van der Waals surface area (Å²) in [6, 6.07) is 0.810. The summed E-state index contributed by atoms with van der Waals surface area (Å²) in [5.74, 6) is 0. The van der Waals surface area contributed by atoms with Gasteiger partial charge in [0.05, 0.1) is 0 Å². The molecule has 0 saturated carbocycles. The molecule has 1 unspecified atom stereocenters. The molecule has 1 heteroatoms. The van der Waals surface area contributed by atoms with Crippen molar-refractivity contribution in [1.82, 2.24) is 4.90 Å². The van der Waals surface area contributed by atoms with Crippen LogP contribution >= 0.6 is 0 Å². The first kappa shape index (κ1) is 30.4. The molecule has 0 aliphatic rings. The average molecular weight is 434 g/mol. The first-order valence-electron chi connectivity index (χ1n) is 14.2. The van der Waals surface area contributed by atoms with Crippen molar-refractivity contribution in [2.24, 2.45) is 0 Å². The van der Waals surface area contributed by atoms with E-state index in [4.69, 9.17) is 0 Å². The molecular weight excluding hydrogens is 374 g/mol. The standard InChI is InChI=1S/C30H59N/c1-5-7-9-11-12-13-14-15-16-17-18-19-20-21-22-23-25-27-29-30(31(3)4)28-26-24-10-8-6-2/h13-14,16-17,30H,5-12,15,18-29H2,1-4H3/b14-13-,17-16?. The van der Waals surface area contributed by atoms with Crippen molar-refractivity contribution in [3.8, 4) is 0 Å². The number of hydrogen-bond donors (Lipinski definition) is 0. The molecule has 0 heterocycles. The van der Waals surface area contributed by atoms with E-state index in [0.29, 0.717) is 0 Å². The van der Waals surface area contributed by atoms with Crippen LogP contribution < -0.4 is 0 Å². The van der Waals surface area contributed by atoms with Crippen molar-refractivity contribution in [1.29, 1.82) is 0 Å². The first-order chi connectivity index (χ1) is 15.2. The molecule has 31 heavy (non-hydrogen) atoms. The molecule has 0 saturated heterocycles. The Balaban J connectivity index is 3.43. The van der Waals surface area contributed by atoms with E-state index in [-0.39, 0.29) is 0 Å². The Morgan fingerprint density at radius 2 is 0.871 bits per heavy atom. The lowest BCUT2D eigenvalue weighted by atomic mass is 9.99. The minimum atomic E-state index is 0.810. The lowest BCUT2D eigenvalue weighted by Gasteiger charge is -2.24. The Bertz CT molecular complexity index is 382. The zero-order valence-corrected chi connectivity index (χ0v) is 22.2. The minimum Gasteiger partial charge on any atom is -0.306 e. The fourth-order valence-corrected chi connectivity index (χ4v) is 4.37. The van der Waals surface area contributed by atoms with Gasteiger partial charge in [0.15, 0.2) is 0 Å². The van der Waals surface area contributed by atoms with Gasteiger partial charge in [-0.1, -0.05) is 128 Å². The third-order valence-corrected chi connectivity index (χ3v) is 6.61. The summed E-state index contributed by atoms with van der Waals surface area (Å²) < 4.78 is 0. The summed E-state index contributed by atoms with van der Waals surface area (Å²) in [5, 5.41) is 0. The fourth-order valence-electron chi connectivity index (χ4n) is 4.37. The second kappa shape index (κ2) is 25.7. The molecule has 0 aliphatic heterocycles. The van der Waals surface area contributed by atoms with E-state index in [2.05, 4.69) is 57.1 Å². The van der Waals surface area contributed by atoms with Crippen molar-refractivity contribution in [2.75, 3.05) is 14.1 Å². The number of allylic oxidation sites excluding steroid dienone is 4. The van der Waals surface area contributed by atoms with Crippen LogP contribution in [0.4, 0.5) is 0 Å². The molecule has 0 spiro atoms. The van der Waals surface area contributed by atoms with Crippen LogP contribution in [0.2, 0.25) is 0 Å². The molecule has 0 N–H and O–H groups in total. The molecule has 0 aromatic rings. The van der Waals surface area contributed by atoms with E-state index in [9.17, 15) is 0 Å². The Kier molecular flexibility index (Phi) is 25.2. The molecule has 0 bridgehead atoms. The predicted molar refractivity (Wildman–Crippen MR) is 144 cm³/mol. The van der Waals surface area contributed by atoms with Gasteiger partial charge in [0, 0.05) is 6.04 Å². The molecule has 0 rings (SSSR count). The minimum absolute atomic E-state index is 0.810. The van der Waals surface area contributed by atoms with Gasteiger partial charge in [0.1, 0.15) is 0 Å². The number of nitrogens with zero attached hydrogens (tertiary/aromatic N) is 1. The van der Waals surface area contributed by atoms with E-state index in [1.807, 2.05) is 0 Å². The molecule has 1 atom stereocenters. The van der Waals surface area contributed by atoms with Crippen LogP contribution in [0.5, 0.6) is 0 Å². The summed E-state index contributed by atoms with van der Waals surface area (Å²) in [5.41, 5.74) is 0. The number of rotatable bonds is 24. The Labute approximate surface area is 198 Å². The van der Waals surface area contributed by atoms with Crippen molar-refractivity contribution in [3.05, 3.63) is 24.3 Å². The third kappa shape index (κ3) is 23.9. The first-order valence-corrected chi connectivity index (χ1v) is 14.2. The highest BCUT2D eigenvalue weighted by atomic mass is 15.1. The van der Waals surface area contributed by atoms with Crippen LogP contribution in [0.15, 0.2) is 24.3 Å². The van der Waals surface area contributed by atoms with Gasteiger partial charge in [0.2, 0.25) is 0 Å². The van der Waals surface area contributed by atoms with E-state index >= 15 is 0 Å². The summed E-state index contributed by atoms with van der Waals surface area (Å²) >= 11 is 0. The zero-order chi connectivity index (χ0) is 22.8. The highest BCUT2D eigenvalue weighted by Crippen LogP contribution is 2.17. The zero-order valence-electron chi connectivity index (χ0n) is 22.2. The van der Waals surface area contributed by atoms with Crippen molar-refractivity contribution >= 4 is 0 Å². The Hall–Kier alpha value is -0.560. The Morgan fingerprint density at radius 1 is 0.484 bits per heavy atom. The molecule has 0 radical (unpaired) electrons. The number of unbranched alkanes of at least 4 members (excludes halogenated alkanes) is 15. The van der Waals surface area contributed by atoms with Gasteiger partial charge in [-0.2, -0.15) is 0 Å². The van der Waals surface area contributed by atoms with E-state index in [1.165, 1.54) is 128 Å². The summed E-state index contributed by atoms with van der Waals surface area (Å²) in [4.78, 5) is 2.47. The maximum Gasteiger partial charge on any atom is 0.00891 e. The van der Waals surface area contributed by atoms with Gasteiger partial charge in [-0.25, -0.2) is 0 Å². The van der Waals surface area contributed by atoms with Crippen molar-refractivity contribution in [3.63, 3.8) is 0 Å². The van der Waals surface area contributed by atoms with Gasteiger partial charge in [-0.15, -0.1) is 0 Å². The van der Waals surface area contributed by atoms with E-state index < -0.39 is 0 Å². The van der Waals surface area contributed by atoms with E-state index in [0.717, 1.165) is 12.5 Å². The maximum absolute atomic E-state index is 2.47. The van der Waals surface area contributed by atoms with Crippen molar-refractivity contribution in [2.45, 2.75) is 155 Å². The Morgan fingerprint density at radius 3 is 1.32 bits per heavy atom. The van der Waals surface area contributed by atoms with Gasteiger partial charge in [-0.05, 0) is 59.0 Å². The molecule has 184 valence electrons. The van der Waals surface area contributed by atoms with Crippen LogP contribution in [-0.4, -0.2) is 25.0 Å². The molecular formula is C30H59N. The maximum atomic E-state index is 2.47. The largest absolute Gasteiger partial charge is 0.306 e. The second-order valence-corrected chi connectivity index (χ2v) is 9.90. The summed E-state index contributed by atoms with van der Waals surface area (Å²) in [6.45, 7) is 4.58. The van der Waals surface area contributed by atoms with Gasteiger partial charge >= 0.3 is 0 Å². The SMILES string of the molecule is CCCCCC/C=C\CC=CCCCCCCCCCC(CCCCCCC)N(C)C. The van der Waals surface area contributed by atoms with Crippen LogP contribution in [0.1, 0.15) is 149 Å². The highest BCUT2D eigenvalue weighted by Gasteiger charge is 2.10. The van der Waals surface area contributed by atoms with Crippen LogP contribution in [0.25, 0.3) is 0 Å². The summed E-state index contributed by atoms with van der Waals surface area (Å²) in [6.07, 6.45) is 38.4. The molecule has 1 nitrogen and oxygen atoms in total. The molecule has 0 aromatic carbocycles. The molecule has 0 fully saturated rings. The second-order valence-electron chi connectivity index (χ2n) is 9.90. The quantitative estimate of drug-likeness (QED) is 0.108. The van der Waals surface area contributed by atoms with E-state index in [1.54, 1.807) is 0 Å². The van der Waals surface area contributed by atoms with Crippen LogP contribution in [0.3, 0.4) is 0 Å². The molecule has 0 aliphatic carbocycles. The average Bonchev–Trinajstić information content (AvgIpc) is 2.76. The van der Waals surface area contributed by atoms with Crippen LogP contribution in [-0.2, 0) is 0 Å².